The van der Waals surface area contributed by atoms with Crippen LogP contribution in [-0.4, -0.2) is 73.1 Å². The molecule has 0 bridgehead atoms. The zero-order chi connectivity index (χ0) is 14.9. The van der Waals surface area contributed by atoms with Gasteiger partial charge in [0.05, 0.1) is 0 Å². The summed E-state index contributed by atoms with van der Waals surface area (Å²) in [6, 6.07) is 0.738. The fourth-order valence-electron chi connectivity index (χ4n) is 4.71. The van der Waals surface area contributed by atoms with Crippen molar-refractivity contribution in [3.05, 3.63) is 0 Å². The van der Waals surface area contributed by atoms with Crippen molar-refractivity contribution < 1.29 is 0 Å². The Morgan fingerprint density at radius 3 is 2.10 bits per heavy atom. The van der Waals surface area contributed by atoms with Crippen molar-refractivity contribution in [2.24, 2.45) is 11.3 Å². The van der Waals surface area contributed by atoms with Gasteiger partial charge in [-0.1, -0.05) is 6.92 Å². The molecule has 21 heavy (non-hydrogen) atoms. The van der Waals surface area contributed by atoms with Crippen LogP contribution < -0.4 is 0 Å². The van der Waals surface area contributed by atoms with Gasteiger partial charge < -0.3 is 14.7 Å². The van der Waals surface area contributed by atoms with Gasteiger partial charge in [-0.3, -0.25) is 0 Å². The largest absolute Gasteiger partial charge is 0.304 e. The molecule has 3 aliphatic heterocycles. The minimum atomic E-state index is 0.713. The first kappa shape index (κ1) is 15.8. The SMILES string of the molecule is CCN1CCC2(CC1)CN(CC1CCN(C(C)C)CC1)C2. The minimum absolute atomic E-state index is 0.713. The van der Waals surface area contributed by atoms with Crippen LogP contribution in [0.4, 0.5) is 0 Å². The second-order valence-electron chi connectivity index (χ2n) is 8.18. The maximum atomic E-state index is 2.76. The highest BCUT2D eigenvalue weighted by Gasteiger charge is 2.44. The van der Waals surface area contributed by atoms with Crippen molar-refractivity contribution in [3.8, 4) is 0 Å². The first-order valence-electron chi connectivity index (χ1n) is 9.29. The van der Waals surface area contributed by atoms with Gasteiger partial charge in [0.15, 0.2) is 0 Å². The van der Waals surface area contributed by atoms with Gasteiger partial charge in [0.2, 0.25) is 0 Å². The fourth-order valence-corrected chi connectivity index (χ4v) is 4.71. The third kappa shape index (κ3) is 3.62. The first-order chi connectivity index (χ1) is 10.1. The van der Waals surface area contributed by atoms with Crippen LogP contribution in [-0.2, 0) is 0 Å². The van der Waals surface area contributed by atoms with Gasteiger partial charge in [-0.05, 0) is 83.6 Å². The molecule has 0 saturated carbocycles. The Labute approximate surface area is 131 Å². The number of rotatable bonds is 4. The molecular weight excluding hydrogens is 258 g/mol. The van der Waals surface area contributed by atoms with E-state index < -0.39 is 0 Å². The van der Waals surface area contributed by atoms with Crippen LogP contribution in [0.2, 0.25) is 0 Å². The smallest absolute Gasteiger partial charge is 0.00516 e. The number of hydrogen-bond acceptors (Lipinski definition) is 3. The van der Waals surface area contributed by atoms with Crippen molar-refractivity contribution in [1.29, 1.82) is 0 Å². The molecular formula is C18H35N3. The van der Waals surface area contributed by atoms with Crippen LogP contribution in [0.25, 0.3) is 0 Å². The molecule has 3 heteroatoms. The summed E-state index contributed by atoms with van der Waals surface area (Å²) in [4.78, 5) is 8.03. The van der Waals surface area contributed by atoms with Crippen LogP contribution >= 0.6 is 0 Å². The molecule has 0 amide bonds. The van der Waals surface area contributed by atoms with Crippen molar-refractivity contribution in [3.63, 3.8) is 0 Å². The Balaban J connectivity index is 1.36. The molecule has 3 heterocycles. The molecule has 1 spiro atoms. The molecule has 0 aliphatic carbocycles. The van der Waals surface area contributed by atoms with E-state index in [-0.39, 0.29) is 0 Å². The monoisotopic (exact) mass is 293 g/mol. The lowest BCUT2D eigenvalue weighted by molar-refractivity contribution is -0.0565. The van der Waals surface area contributed by atoms with E-state index in [1.54, 1.807) is 0 Å². The lowest BCUT2D eigenvalue weighted by Gasteiger charge is -2.55. The molecule has 0 aromatic carbocycles. The van der Waals surface area contributed by atoms with Gasteiger partial charge in [0.25, 0.3) is 0 Å². The van der Waals surface area contributed by atoms with Gasteiger partial charge in [0, 0.05) is 25.7 Å². The third-order valence-corrected chi connectivity index (χ3v) is 6.38. The molecule has 3 fully saturated rings. The Bertz CT molecular complexity index is 317. The minimum Gasteiger partial charge on any atom is -0.304 e. The Morgan fingerprint density at radius 2 is 1.57 bits per heavy atom. The molecule has 0 aromatic rings. The molecule has 3 saturated heterocycles. The van der Waals surface area contributed by atoms with Crippen LogP contribution in [0, 0.1) is 11.3 Å². The van der Waals surface area contributed by atoms with Crippen molar-refractivity contribution in [1.82, 2.24) is 14.7 Å². The van der Waals surface area contributed by atoms with Crippen molar-refractivity contribution in [2.75, 3.05) is 52.4 Å². The van der Waals surface area contributed by atoms with Crippen LogP contribution in [0.15, 0.2) is 0 Å². The van der Waals surface area contributed by atoms with Gasteiger partial charge in [-0.15, -0.1) is 0 Å². The molecule has 3 aliphatic rings. The van der Waals surface area contributed by atoms with Gasteiger partial charge >= 0.3 is 0 Å². The third-order valence-electron chi connectivity index (χ3n) is 6.38. The summed E-state index contributed by atoms with van der Waals surface area (Å²) in [5, 5.41) is 0. The summed E-state index contributed by atoms with van der Waals surface area (Å²) >= 11 is 0. The van der Waals surface area contributed by atoms with Crippen LogP contribution in [0.3, 0.4) is 0 Å². The average Bonchev–Trinajstić information content (AvgIpc) is 2.47. The first-order valence-corrected chi connectivity index (χ1v) is 9.29. The van der Waals surface area contributed by atoms with E-state index in [0.717, 1.165) is 12.0 Å². The lowest BCUT2D eigenvalue weighted by Crippen LogP contribution is -2.61. The summed E-state index contributed by atoms with van der Waals surface area (Å²) in [5.41, 5.74) is 0.713. The van der Waals surface area contributed by atoms with E-state index >= 15 is 0 Å². The molecule has 0 N–H and O–H groups in total. The molecule has 0 atom stereocenters. The Kier molecular flexibility index (Phi) is 4.92. The maximum absolute atomic E-state index is 2.76. The predicted molar refractivity (Wildman–Crippen MR) is 89.7 cm³/mol. The van der Waals surface area contributed by atoms with E-state index in [2.05, 4.69) is 35.5 Å². The lowest BCUT2D eigenvalue weighted by atomic mass is 9.71. The number of likely N-dealkylation sites (tertiary alicyclic amines) is 3. The molecule has 122 valence electrons. The summed E-state index contributed by atoms with van der Waals surface area (Å²) in [7, 11) is 0. The van der Waals surface area contributed by atoms with Crippen molar-refractivity contribution in [2.45, 2.75) is 52.5 Å². The number of hydrogen-bond donors (Lipinski definition) is 0. The predicted octanol–water partition coefficient (Wildman–Crippen LogP) is 2.52. The van der Waals surface area contributed by atoms with Gasteiger partial charge in [-0.25, -0.2) is 0 Å². The van der Waals surface area contributed by atoms with E-state index in [4.69, 9.17) is 0 Å². The van der Waals surface area contributed by atoms with E-state index in [9.17, 15) is 0 Å². The topological polar surface area (TPSA) is 9.72 Å². The second kappa shape index (κ2) is 6.55. The number of piperidine rings is 2. The second-order valence-corrected chi connectivity index (χ2v) is 8.18. The molecule has 0 unspecified atom stereocenters. The maximum Gasteiger partial charge on any atom is 0.00516 e. The van der Waals surface area contributed by atoms with Crippen LogP contribution in [0.1, 0.15) is 46.5 Å². The normalized spacial score (nSPS) is 29.1. The van der Waals surface area contributed by atoms with E-state index in [0.29, 0.717) is 5.41 Å². The Hall–Kier alpha value is -0.120. The molecule has 0 radical (unpaired) electrons. The van der Waals surface area contributed by atoms with Gasteiger partial charge in [-0.2, -0.15) is 0 Å². The molecule has 0 aromatic heterocycles. The molecule has 3 nitrogen and oxygen atoms in total. The summed E-state index contributed by atoms with van der Waals surface area (Å²) < 4.78 is 0. The molecule has 3 rings (SSSR count). The summed E-state index contributed by atoms with van der Waals surface area (Å²) in [6.45, 7) is 17.7. The van der Waals surface area contributed by atoms with E-state index in [1.807, 2.05) is 0 Å². The standard InChI is InChI=1S/C18H35N3/c1-4-19-11-7-18(8-12-19)14-20(15-18)13-17-5-9-21(10-6-17)16(2)3/h16-17H,4-15H2,1-3H3. The Morgan fingerprint density at radius 1 is 0.952 bits per heavy atom. The summed E-state index contributed by atoms with van der Waals surface area (Å²) in [6.07, 6.45) is 5.74. The average molecular weight is 293 g/mol. The van der Waals surface area contributed by atoms with Crippen LogP contribution in [0.5, 0.6) is 0 Å². The van der Waals surface area contributed by atoms with Gasteiger partial charge in [0.1, 0.15) is 0 Å². The number of nitrogens with zero attached hydrogens (tertiary/aromatic N) is 3. The zero-order valence-electron chi connectivity index (χ0n) is 14.5. The summed E-state index contributed by atoms with van der Waals surface area (Å²) in [5.74, 6) is 0.966. The highest BCUT2D eigenvalue weighted by Crippen LogP contribution is 2.41. The highest BCUT2D eigenvalue weighted by atomic mass is 15.2. The fraction of sp³-hybridized carbons (Fsp3) is 1.00. The van der Waals surface area contributed by atoms with Crippen molar-refractivity contribution >= 4 is 0 Å². The highest BCUT2D eigenvalue weighted by molar-refractivity contribution is 4.98. The van der Waals surface area contributed by atoms with E-state index in [1.165, 1.54) is 78.0 Å². The zero-order valence-corrected chi connectivity index (χ0v) is 14.5. The quantitative estimate of drug-likeness (QED) is 0.788.